The summed E-state index contributed by atoms with van der Waals surface area (Å²) in [5.41, 5.74) is -0.713. The Balaban J connectivity index is 1.79. The first-order valence-corrected chi connectivity index (χ1v) is 13.6. The predicted molar refractivity (Wildman–Crippen MR) is 145 cm³/mol. The Morgan fingerprint density at radius 2 is 2.05 bits per heavy atom. The molecule has 2 unspecified atom stereocenters. The van der Waals surface area contributed by atoms with Crippen molar-refractivity contribution in [3.05, 3.63) is 54.6 Å². The number of fused-ring (bicyclic) bond motifs is 1. The highest BCUT2D eigenvalue weighted by Crippen LogP contribution is 2.59. The first kappa shape index (κ1) is 28.3. The molecule has 2 amide bonds. The lowest BCUT2D eigenvalue weighted by atomic mass is 9.70. The zero-order chi connectivity index (χ0) is 27.6. The summed E-state index contributed by atoms with van der Waals surface area (Å²) < 4.78 is 12.0. The van der Waals surface area contributed by atoms with Crippen molar-refractivity contribution >= 4 is 35.1 Å². The smallest absolute Gasteiger partial charge is 0.312 e. The third-order valence-corrected chi connectivity index (χ3v) is 8.20. The predicted octanol–water partition coefficient (Wildman–Crippen LogP) is 3.76. The number of para-hydroxylation sites is 1. The Morgan fingerprint density at radius 3 is 2.68 bits per heavy atom. The van der Waals surface area contributed by atoms with E-state index >= 15 is 0 Å². The maximum Gasteiger partial charge on any atom is 0.312 e. The molecular formula is C29H37ClN2O6. The van der Waals surface area contributed by atoms with E-state index in [-0.39, 0.29) is 37.5 Å². The highest BCUT2D eigenvalue weighted by molar-refractivity contribution is 6.34. The molecule has 8 nitrogen and oxygen atoms in total. The topological polar surface area (TPSA) is 96.4 Å². The van der Waals surface area contributed by atoms with Crippen LogP contribution in [0.2, 0.25) is 5.02 Å². The van der Waals surface area contributed by atoms with Gasteiger partial charge in [-0.1, -0.05) is 49.7 Å². The number of benzene rings is 1. The Labute approximate surface area is 229 Å². The number of nitrogens with zero attached hydrogens (tertiary/aromatic N) is 2. The van der Waals surface area contributed by atoms with E-state index in [9.17, 15) is 19.5 Å². The summed E-state index contributed by atoms with van der Waals surface area (Å²) in [5, 5.41) is 10.8. The minimum atomic E-state index is -1.20. The van der Waals surface area contributed by atoms with Gasteiger partial charge in [-0.2, -0.15) is 0 Å². The minimum absolute atomic E-state index is 0.151. The maximum atomic E-state index is 14.5. The molecule has 1 aromatic carbocycles. The highest BCUT2D eigenvalue weighted by atomic mass is 35.5. The average molecular weight is 545 g/mol. The van der Waals surface area contributed by atoms with E-state index < -0.39 is 41.6 Å². The second-order valence-corrected chi connectivity index (χ2v) is 11.1. The molecule has 3 aliphatic rings. The van der Waals surface area contributed by atoms with Crippen molar-refractivity contribution in [1.29, 1.82) is 0 Å². The zero-order valence-electron chi connectivity index (χ0n) is 22.1. The van der Waals surface area contributed by atoms with Gasteiger partial charge in [-0.3, -0.25) is 14.4 Å². The molecule has 6 atom stereocenters. The van der Waals surface area contributed by atoms with E-state index in [1.807, 2.05) is 13.8 Å². The van der Waals surface area contributed by atoms with E-state index in [1.54, 1.807) is 36.4 Å². The molecule has 2 bridgehead atoms. The molecule has 9 heteroatoms. The van der Waals surface area contributed by atoms with Crippen molar-refractivity contribution in [2.24, 2.45) is 17.8 Å². The third-order valence-electron chi connectivity index (χ3n) is 7.88. The van der Waals surface area contributed by atoms with E-state index in [0.717, 1.165) is 0 Å². The quantitative estimate of drug-likeness (QED) is 0.244. The number of hydrogen-bond donors (Lipinski definition) is 1. The van der Waals surface area contributed by atoms with Gasteiger partial charge in [0.1, 0.15) is 11.6 Å². The zero-order valence-corrected chi connectivity index (χ0v) is 22.8. The van der Waals surface area contributed by atoms with Gasteiger partial charge in [-0.15, -0.1) is 13.2 Å². The van der Waals surface area contributed by atoms with Crippen LogP contribution in [0.15, 0.2) is 49.6 Å². The third kappa shape index (κ3) is 4.78. The van der Waals surface area contributed by atoms with E-state index in [2.05, 4.69) is 13.2 Å². The number of aliphatic hydroxyl groups is 1. The molecule has 0 aromatic heterocycles. The molecule has 1 aromatic rings. The van der Waals surface area contributed by atoms with E-state index in [0.29, 0.717) is 36.4 Å². The van der Waals surface area contributed by atoms with Gasteiger partial charge in [0.15, 0.2) is 0 Å². The first-order valence-electron chi connectivity index (χ1n) is 13.3. The molecule has 3 fully saturated rings. The number of halogens is 1. The standard InChI is InChI=1S/C29H37ClN2O6/c1-5-7-15-37-28(36)23-22-12-13-29(38-22)24(23)26(34)32(19(17-33)16-18(3)4)25(29)27(35)31(14-6-2)21-11-9-8-10-20(21)30/h5-6,8-11,18-19,22-25,33H,1-2,7,12-17H2,3-4H3/t19-,22-,23+,24+,25?,29?/m1/s1. The number of ether oxygens (including phenoxy) is 2. The Kier molecular flexibility index (Phi) is 8.65. The molecule has 3 heterocycles. The second kappa shape index (κ2) is 11.6. The molecule has 3 aliphatic heterocycles. The number of hydrogen-bond acceptors (Lipinski definition) is 6. The fourth-order valence-electron chi connectivity index (χ4n) is 6.45. The summed E-state index contributed by atoms with van der Waals surface area (Å²) in [5.74, 6) is -2.76. The van der Waals surface area contributed by atoms with Crippen molar-refractivity contribution in [2.75, 3.05) is 24.7 Å². The second-order valence-electron chi connectivity index (χ2n) is 10.7. The van der Waals surface area contributed by atoms with Gasteiger partial charge in [0, 0.05) is 6.54 Å². The average Bonchev–Trinajstić information content (AvgIpc) is 3.53. The number of carbonyl (C=O) groups is 3. The van der Waals surface area contributed by atoms with Gasteiger partial charge in [0.25, 0.3) is 5.91 Å². The number of likely N-dealkylation sites (tertiary alicyclic amines) is 1. The van der Waals surface area contributed by atoms with Crippen LogP contribution in [0.3, 0.4) is 0 Å². The molecule has 0 saturated carbocycles. The SMILES string of the molecule is C=CCCOC(=O)[C@@H]1[C@H]2C(=O)N([C@@H](CO)CC(C)C)C(C(=O)N(CC=C)c3ccccc3Cl)C23CC[C@H]1O3. The van der Waals surface area contributed by atoms with E-state index in [4.69, 9.17) is 21.1 Å². The van der Waals surface area contributed by atoms with Crippen molar-refractivity contribution in [1.82, 2.24) is 4.90 Å². The van der Waals surface area contributed by atoms with Crippen LogP contribution in [0.1, 0.15) is 39.5 Å². The van der Waals surface area contributed by atoms with Crippen LogP contribution in [-0.2, 0) is 23.9 Å². The number of amides is 2. The van der Waals surface area contributed by atoms with Gasteiger partial charge in [0.2, 0.25) is 5.91 Å². The van der Waals surface area contributed by atoms with Gasteiger partial charge < -0.3 is 24.4 Å². The summed E-state index contributed by atoms with van der Waals surface area (Å²) in [6.07, 6.45) is 4.71. The minimum Gasteiger partial charge on any atom is -0.465 e. The number of carbonyl (C=O) groups excluding carboxylic acids is 3. The van der Waals surface area contributed by atoms with Crippen LogP contribution in [0.4, 0.5) is 5.69 Å². The van der Waals surface area contributed by atoms with E-state index in [1.165, 1.54) is 9.80 Å². The fourth-order valence-corrected chi connectivity index (χ4v) is 6.68. The monoisotopic (exact) mass is 544 g/mol. The van der Waals surface area contributed by atoms with Gasteiger partial charge >= 0.3 is 5.97 Å². The highest BCUT2D eigenvalue weighted by Gasteiger charge is 2.75. The molecule has 206 valence electrons. The van der Waals surface area contributed by atoms with Crippen LogP contribution in [-0.4, -0.2) is 71.3 Å². The summed E-state index contributed by atoms with van der Waals surface area (Å²) in [4.78, 5) is 44.9. The molecule has 38 heavy (non-hydrogen) atoms. The van der Waals surface area contributed by atoms with Crippen LogP contribution in [0.25, 0.3) is 0 Å². The summed E-state index contributed by atoms with van der Waals surface area (Å²) in [7, 11) is 0. The maximum absolute atomic E-state index is 14.5. The molecule has 1 N–H and O–H groups in total. The van der Waals surface area contributed by atoms with Gasteiger partial charge in [0.05, 0.1) is 47.9 Å². The first-order chi connectivity index (χ1) is 18.2. The Bertz CT molecular complexity index is 1090. The molecule has 0 radical (unpaired) electrons. The lowest BCUT2D eigenvalue weighted by molar-refractivity contribution is -0.155. The molecule has 0 aliphatic carbocycles. The van der Waals surface area contributed by atoms with Crippen LogP contribution in [0.5, 0.6) is 0 Å². The van der Waals surface area contributed by atoms with Crippen molar-refractivity contribution in [3.8, 4) is 0 Å². The normalized spacial score (nSPS) is 28.3. The van der Waals surface area contributed by atoms with Crippen molar-refractivity contribution < 1.29 is 29.0 Å². The fraction of sp³-hybridized carbons (Fsp3) is 0.552. The van der Waals surface area contributed by atoms with Crippen molar-refractivity contribution in [3.63, 3.8) is 0 Å². The number of rotatable bonds is 12. The van der Waals surface area contributed by atoms with Crippen LogP contribution < -0.4 is 4.90 Å². The van der Waals surface area contributed by atoms with Gasteiger partial charge in [-0.25, -0.2) is 0 Å². The molecule has 3 saturated heterocycles. The van der Waals surface area contributed by atoms with Crippen molar-refractivity contribution in [2.45, 2.75) is 63.3 Å². The Hall–Kier alpha value is -2.68. The number of esters is 1. The van der Waals surface area contributed by atoms with Crippen LogP contribution >= 0.6 is 11.6 Å². The Morgan fingerprint density at radius 1 is 1.32 bits per heavy atom. The summed E-state index contributed by atoms with van der Waals surface area (Å²) in [6, 6.07) is 5.34. The summed E-state index contributed by atoms with van der Waals surface area (Å²) in [6.45, 7) is 11.5. The molecular weight excluding hydrogens is 508 g/mol. The number of aliphatic hydroxyl groups excluding tert-OH is 1. The largest absolute Gasteiger partial charge is 0.465 e. The van der Waals surface area contributed by atoms with Crippen LogP contribution in [0, 0.1) is 17.8 Å². The number of anilines is 1. The summed E-state index contributed by atoms with van der Waals surface area (Å²) >= 11 is 6.49. The lowest BCUT2D eigenvalue weighted by Gasteiger charge is -2.39. The molecule has 4 rings (SSSR count). The lowest BCUT2D eigenvalue weighted by Crippen LogP contribution is -2.59. The molecule has 1 spiro atoms. The van der Waals surface area contributed by atoms with Gasteiger partial charge in [-0.05, 0) is 43.7 Å².